The van der Waals surface area contributed by atoms with Crippen molar-refractivity contribution >= 4 is 11.8 Å². The molecule has 1 fully saturated rings. The van der Waals surface area contributed by atoms with Gasteiger partial charge in [0.25, 0.3) is 0 Å². The van der Waals surface area contributed by atoms with Gasteiger partial charge in [-0.05, 0) is 43.1 Å². The summed E-state index contributed by atoms with van der Waals surface area (Å²) in [6, 6.07) is 0. The quantitative estimate of drug-likeness (QED) is 0.894. The third-order valence-corrected chi connectivity index (χ3v) is 6.74. The average molecular weight is 358 g/mol. The van der Waals surface area contributed by atoms with Gasteiger partial charge < -0.3 is 10.2 Å². The lowest BCUT2D eigenvalue weighted by atomic mass is 9.65. The monoisotopic (exact) mass is 358 g/mol. The van der Waals surface area contributed by atoms with Gasteiger partial charge in [-0.25, -0.2) is 9.97 Å². The van der Waals surface area contributed by atoms with Crippen LogP contribution in [0.3, 0.4) is 0 Å². The first kappa shape index (κ1) is 18.8. The van der Waals surface area contributed by atoms with E-state index < -0.39 is 10.8 Å². The second-order valence-electron chi connectivity index (χ2n) is 8.67. The molecule has 3 rings (SSSR count). The molecule has 0 radical (unpaired) electrons. The predicted octanol–water partition coefficient (Wildman–Crippen LogP) is 2.11. The predicted molar refractivity (Wildman–Crippen MR) is 99.2 cm³/mol. The van der Waals surface area contributed by atoms with Crippen LogP contribution in [0, 0.1) is 16.7 Å². The topological polar surface area (TPSA) is 75.2 Å². The molecular formula is C20H30N4O2. The molecule has 0 saturated heterocycles. The minimum Gasteiger partial charge on any atom is -0.349 e. The lowest BCUT2D eigenvalue weighted by molar-refractivity contribution is -0.142. The minimum atomic E-state index is -0.583. The molecule has 0 aliphatic heterocycles. The van der Waals surface area contributed by atoms with Crippen molar-refractivity contribution in [2.45, 2.75) is 59.4 Å². The van der Waals surface area contributed by atoms with Gasteiger partial charge in [-0.15, -0.1) is 0 Å². The molecule has 0 aromatic carbocycles. The fraction of sp³-hybridized carbons (Fsp3) is 0.700. The highest BCUT2D eigenvalue weighted by atomic mass is 16.2. The smallest absolute Gasteiger partial charge is 0.226 e. The Balaban J connectivity index is 1.70. The van der Waals surface area contributed by atoms with E-state index in [9.17, 15) is 9.59 Å². The Morgan fingerprint density at radius 1 is 1.27 bits per heavy atom. The third kappa shape index (κ3) is 2.99. The van der Waals surface area contributed by atoms with E-state index >= 15 is 0 Å². The number of hydrogen-bond acceptors (Lipinski definition) is 4. The zero-order valence-corrected chi connectivity index (χ0v) is 16.6. The Hall–Kier alpha value is -1.98. The van der Waals surface area contributed by atoms with Crippen LogP contribution in [0.5, 0.6) is 0 Å². The second kappa shape index (κ2) is 6.63. The van der Waals surface area contributed by atoms with Gasteiger partial charge in [0.05, 0.1) is 12.0 Å². The van der Waals surface area contributed by atoms with Crippen LogP contribution in [-0.4, -0.2) is 40.8 Å². The van der Waals surface area contributed by atoms with Crippen LogP contribution < -0.4 is 5.32 Å². The van der Waals surface area contributed by atoms with Gasteiger partial charge in [-0.3, -0.25) is 9.59 Å². The Labute approximate surface area is 155 Å². The zero-order chi connectivity index (χ0) is 19.1. The highest BCUT2D eigenvalue weighted by Crippen LogP contribution is 2.56. The summed E-state index contributed by atoms with van der Waals surface area (Å²) < 4.78 is 0. The van der Waals surface area contributed by atoms with Gasteiger partial charge in [0.1, 0.15) is 5.82 Å². The first-order chi connectivity index (χ1) is 12.2. The summed E-state index contributed by atoms with van der Waals surface area (Å²) in [5.41, 5.74) is 1.36. The fourth-order valence-electron chi connectivity index (χ4n) is 4.45. The van der Waals surface area contributed by atoms with Crippen LogP contribution in [0.25, 0.3) is 0 Å². The highest BCUT2D eigenvalue weighted by Gasteiger charge is 2.58. The van der Waals surface area contributed by atoms with Crippen LogP contribution in [0.15, 0.2) is 6.20 Å². The maximum absolute atomic E-state index is 13.0. The van der Waals surface area contributed by atoms with Crippen molar-refractivity contribution in [2.24, 2.45) is 16.7 Å². The van der Waals surface area contributed by atoms with Crippen molar-refractivity contribution in [1.82, 2.24) is 20.2 Å². The molecule has 6 nitrogen and oxygen atoms in total. The second-order valence-corrected chi connectivity index (χ2v) is 8.67. The first-order valence-corrected chi connectivity index (χ1v) is 9.50. The standard InChI is InChI=1S/C20H30N4O2/c1-19(2)14(17(25)24(4)5)9-10-20(19,3)18(26)22-12-16-21-11-13-7-6-8-15(13)23-16/h11,14H,6-10,12H2,1-5H3,(H,22,26)/t14-,20+/m0/s1. The van der Waals surface area contributed by atoms with Crippen molar-refractivity contribution in [1.29, 1.82) is 0 Å². The normalized spacial score (nSPS) is 26.4. The van der Waals surface area contributed by atoms with Crippen molar-refractivity contribution in [3.63, 3.8) is 0 Å². The molecule has 1 aromatic rings. The summed E-state index contributed by atoms with van der Waals surface area (Å²) in [5.74, 6) is 0.623. The molecule has 1 aromatic heterocycles. The average Bonchev–Trinajstić information content (AvgIpc) is 3.14. The van der Waals surface area contributed by atoms with Crippen LogP contribution in [0.4, 0.5) is 0 Å². The molecule has 142 valence electrons. The van der Waals surface area contributed by atoms with Crippen LogP contribution in [0.2, 0.25) is 0 Å². The van der Waals surface area contributed by atoms with E-state index in [1.165, 1.54) is 5.56 Å². The minimum absolute atomic E-state index is 0.0133. The molecule has 1 heterocycles. The van der Waals surface area contributed by atoms with Gasteiger partial charge in [-0.2, -0.15) is 0 Å². The summed E-state index contributed by atoms with van der Waals surface area (Å²) in [6.07, 6.45) is 6.52. The van der Waals surface area contributed by atoms with E-state index in [4.69, 9.17) is 0 Å². The van der Waals surface area contributed by atoms with E-state index in [-0.39, 0.29) is 17.7 Å². The summed E-state index contributed by atoms with van der Waals surface area (Å²) >= 11 is 0. The molecule has 2 aliphatic carbocycles. The number of nitrogens with zero attached hydrogens (tertiary/aromatic N) is 3. The number of fused-ring (bicyclic) bond motifs is 1. The van der Waals surface area contributed by atoms with Crippen molar-refractivity contribution in [2.75, 3.05) is 14.1 Å². The molecule has 2 aliphatic rings. The number of carbonyl (C=O) groups excluding carboxylic acids is 2. The molecule has 26 heavy (non-hydrogen) atoms. The molecule has 0 spiro atoms. The molecule has 2 amide bonds. The van der Waals surface area contributed by atoms with Gasteiger partial charge >= 0.3 is 0 Å². The fourth-order valence-corrected chi connectivity index (χ4v) is 4.45. The summed E-state index contributed by atoms with van der Waals surface area (Å²) in [4.78, 5) is 36.2. The maximum atomic E-state index is 13.0. The SMILES string of the molecule is CN(C)C(=O)[C@@H]1CC[C@](C)(C(=O)NCc2ncc3c(n2)CCC3)C1(C)C. The number of aryl methyl sites for hydroxylation is 2. The Morgan fingerprint density at radius 2 is 2.00 bits per heavy atom. The lowest BCUT2D eigenvalue weighted by Crippen LogP contribution is -2.49. The van der Waals surface area contributed by atoms with Gasteiger partial charge in [0, 0.05) is 31.9 Å². The van der Waals surface area contributed by atoms with Crippen molar-refractivity contribution in [3.8, 4) is 0 Å². The maximum Gasteiger partial charge on any atom is 0.226 e. The molecule has 2 atom stereocenters. The Morgan fingerprint density at radius 3 is 2.69 bits per heavy atom. The molecule has 0 bridgehead atoms. The van der Waals surface area contributed by atoms with Crippen molar-refractivity contribution < 1.29 is 9.59 Å². The van der Waals surface area contributed by atoms with Gasteiger partial charge in [0.2, 0.25) is 11.8 Å². The largest absolute Gasteiger partial charge is 0.349 e. The number of carbonyl (C=O) groups is 2. The van der Waals surface area contributed by atoms with E-state index in [2.05, 4.69) is 15.3 Å². The van der Waals surface area contributed by atoms with E-state index in [1.807, 2.05) is 27.0 Å². The zero-order valence-electron chi connectivity index (χ0n) is 16.6. The van der Waals surface area contributed by atoms with E-state index in [0.29, 0.717) is 18.8 Å². The number of amides is 2. The Kier molecular flexibility index (Phi) is 4.80. The van der Waals surface area contributed by atoms with Gasteiger partial charge in [0.15, 0.2) is 0 Å². The Bertz CT molecular complexity index is 729. The number of nitrogens with one attached hydrogen (secondary N) is 1. The van der Waals surface area contributed by atoms with Crippen LogP contribution in [-0.2, 0) is 29.0 Å². The lowest BCUT2D eigenvalue weighted by Gasteiger charge is -2.40. The summed E-state index contributed by atoms with van der Waals surface area (Å²) in [7, 11) is 3.55. The van der Waals surface area contributed by atoms with E-state index in [1.54, 1.807) is 19.0 Å². The first-order valence-electron chi connectivity index (χ1n) is 9.50. The molecule has 6 heteroatoms. The molecule has 1 N–H and O–H groups in total. The summed E-state index contributed by atoms with van der Waals surface area (Å²) in [5, 5.41) is 3.03. The highest BCUT2D eigenvalue weighted by molar-refractivity contribution is 5.87. The number of hydrogen-bond donors (Lipinski definition) is 1. The molecule has 0 unspecified atom stereocenters. The van der Waals surface area contributed by atoms with Gasteiger partial charge in [-0.1, -0.05) is 20.8 Å². The number of aromatic nitrogens is 2. The van der Waals surface area contributed by atoms with E-state index in [0.717, 1.165) is 31.4 Å². The van der Waals surface area contributed by atoms with Crippen LogP contribution in [0.1, 0.15) is 57.1 Å². The molecule has 1 saturated carbocycles. The van der Waals surface area contributed by atoms with Crippen molar-refractivity contribution in [3.05, 3.63) is 23.3 Å². The third-order valence-electron chi connectivity index (χ3n) is 6.74. The van der Waals surface area contributed by atoms with Crippen LogP contribution >= 0.6 is 0 Å². The number of rotatable bonds is 4. The molecular weight excluding hydrogens is 328 g/mol. The summed E-state index contributed by atoms with van der Waals surface area (Å²) in [6.45, 7) is 6.40.